The van der Waals surface area contributed by atoms with Gasteiger partial charge in [-0.15, -0.1) is 12.4 Å². The van der Waals surface area contributed by atoms with E-state index in [1.54, 1.807) is 0 Å². The van der Waals surface area contributed by atoms with Crippen molar-refractivity contribution in [2.45, 2.75) is 0 Å². The second-order valence-corrected chi connectivity index (χ2v) is 2.06. The molecule has 0 nitrogen and oxygen atoms in total. The summed E-state index contributed by atoms with van der Waals surface area (Å²) in [7, 11) is 0. The van der Waals surface area contributed by atoms with Crippen LogP contribution in [0.3, 0.4) is 0 Å². The van der Waals surface area contributed by atoms with Crippen LogP contribution in [0.15, 0.2) is 24.3 Å². The topological polar surface area (TPSA) is 0 Å². The molecule has 2 heteroatoms. The van der Waals surface area contributed by atoms with Crippen LogP contribution in [0.25, 0.3) is 0 Å². The first-order valence-corrected chi connectivity index (χ1v) is 2.74. The highest BCUT2D eigenvalue weighted by molar-refractivity contribution is 6.30. The lowest BCUT2D eigenvalue weighted by atomic mass is 10.2. The Hall–Kier alpha value is -0.200. The van der Waals surface area contributed by atoms with Gasteiger partial charge in [-0.3, -0.25) is 0 Å². The molecule has 49 valence electrons. The van der Waals surface area contributed by atoms with Gasteiger partial charge in [0.25, 0.3) is 0 Å². The molecular weight excluding hydrogens is 155 g/mol. The Morgan fingerprint density at radius 1 is 1.11 bits per heavy atom. The minimum absolute atomic E-state index is 0. The summed E-state index contributed by atoms with van der Waals surface area (Å²) in [5, 5.41) is 0.761. The zero-order valence-electron chi connectivity index (χ0n) is 4.80. The van der Waals surface area contributed by atoms with Gasteiger partial charge in [0.15, 0.2) is 0 Å². The van der Waals surface area contributed by atoms with E-state index in [-0.39, 0.29) is 12.4 Å². The molecule has 0 aromatic heterocycles. The predicted molar refractivity (Wildman–Crippen MR) is 43.2 cm³/mol. The molecular formula is C7H7Cl2. The molecule has 0 saturated carbocycles. The Morgan fingerprint density at radius 2 is 1.56 bits per heavy atom. The van der Waals surface area contributed by atoms with Gasteiger partial charge >= 0.3 is 0 Å². The maximum absolute atomic E-state index is 5.58. The van der Waals surface area contributed by atoms with Gasteiger partial charge in [-0.2, -0.15) is 0 Å². The lowest BCUT2D eigenvalue weighted by molar-refractivity contribution is 1.61. The Balaban J connectivity index is 0.000000640. The molecule has 0 aliphatic heterocycles. The van der Waals surface area contributed by atoms with Gasteiger partial charge in [-0.1, -0.05) is 23.7 Å². The van der Waals surface area contributed by atoms with Crippen LogP contribution in [-0.2, 0) is 0 Å². The van der Waals surface area contributed by atoms with Crippen LogP contribution in [0, 0.1) is 6.92 Å². The SMILES string of the molecule is Cl.[CH2]c1ccc(Cl)cc1. The van der Waals surface area contributed by atoms with E-state index in [1.165, 1.54) is 0 Å². The average Bonchev–Trinajstić information content (AvgIpc) is 1.77. The quantitative estimate of drug-likeness (QED) is 0.550. The Labute approximate surface area is 66.3 Å². The van der Waals surface area contributed by atoms with Crippen molar-refractivity contribution >= 4 is 24.0 Å². The van der Waals surface area contributed by atoms with Crippen LogP contribution in [0.2, 0.25) is 5.02 Å². The van der Waals surface area contributed by atoms with Crippen LogP contribution < -0.4 is 0 Å². The maximum atomic E-state index is 5.58. The largest absolute Gasteiger partial charge is 0.147 e. The van der Waals surface area contributed by atoms with Crippen molar-refractivity contribution < 1.29 is 0 Å². The summed E-state index contributed by atoms with van der Waals surface area (Å²) in [4.78, 5) is 0. The fourth-order valence-corrected chi connectivity index (χ4v) is 0.610. The van der Waals surface area contributed by atoms with Crippen LogP contribution in [0.1, 0.15) is 5.56 Å². The second kappa shape index (κ2) is 3.76. The van der Waals surface area contributed by atoms with Crippen molar-refractivity contribution in [3.8, 4) is 0 Å². The third-order valence-corrected chi connectivity index (χ3v) is 1.17. The van der Waals surface area contributed by atoms with Gasteiger partial charge in [0.1, 0.15) is 0 Å². The van der Waals surface area contributed by atoms with E-state index in [2.05, 4.69) is 6.92 Å². The van der Waals surface area contributed by atoms with E-state index in [1.807, 2.05) is 24.3 Å². The van der Waals surface area contributed by atoms with Gasteiger partial charge in [-0.05, 0) is 24.6 Å². The van der Waals surface area contributed by atoms with Gasteiger partial charge < -0.3 is 0 Å². The Kier molecular flexibility index (Phi) is 3.67. The summed E-state index contributed by atoms with van der Waals surface area (Å²) >= 11 is 5.58. The molecule has 0 heterocycles. The highest BCUT2D eigenvalue weighted by Gasteiger charge is 1.82. The standard InChI is InChI=1S/C7H6Cl.ClH/c1-6-2-4-7(8)5-3-6;/h2-5H,1H2;1H. The molecule has 1 radical (unpaired) electrons. The highest BCUT2D eigenvalue weighted by Crippen LogP contribution is 2.07. The minimum atomic E-state index is 0. The fourth-order valence-electron chi connectivity index (χ4n) is 0.484. The first-order valence-electron chi connectivity index (χ1n) is 2.36. The Bertz CT molecular complexity index is 146. The normalized spacial score (nSPS) is 8.22. The highest BCUT2D eigenvalue weighted by atomic mass is 35.5. The molecule has 0 N–H and O–H groups in total. The predicted octanol–water partition coefficient (Wildman–Crippen LogP) is 2.94. The lowest BCUT2D eigenvalue weighted by Gasteiger charge is -1.87. The molecule has 0 spiro atoms. The summed E-state index contributed by atoms with van der Waals surface area (Å²) in [6, 6.07) is 7.40. The molecule has 1 aromatic rings. The second-order valence-electron chi connectivity index (χ2n) is 1.63. The van der Waals surface area contributed by atoms with Crippen LogP contribution in [0.4, 0.5) is 0 Å². The molecule has 1 rings (SSSR count). The number of hydrogen-bond donors (Lipinski definition) is 0. The van der Waals surface area contributed by atoms with Crippen molar-refractivity contribution in [1.29, 1.82) is 0 Å². The summed E-state index contributed by atoms with van der Waals surface area (Å²) < 4.78 is 0. The number of benzene rings is 1. The van der Waals surface area contributed by atoms with E-state index < -0.39 is 0 Å². The summed E-state index contributed by atoms with van der Waals surface area (Å²) in [5.41, 5.74) is 0.995. The zero-order valence-corrected chi connectivity index (χ0v) is 6.38. The maximum Gasteiger partial charge on any atom is 0.0406 e. The van der Waals surface area contributed by atoms with Crippen LogP contribution in [-0.4, -0.2) is 0 Å². The van der Waals surface area contributed by atoms with Crippen molar-refractivity contribution in [3.05, 3.63) is 41.8 Å². The van der Waals surface area contributed by atoms with Crippen LogP contribution >= 0.6 is 24.0 Å². The van der Waals surface area contributed by atoms with E-state index in [0.29, 0.717) is 0 Å². The van der Waals surface area contributed by atoms with E-state index in [4.69, 9.17) is 11.6 Å². The number of rotatable bonds is 0. The minimum Gasteiger partial charge on any atom is -0.147 e. The smallest absolute Gasteiger partial charge is 0.0406 e. The molecule has 0 fully saturated rings. The Morgan fingerprint density at radius 3 is 1.89 bits per heavy atom. The third kappa shape index (κ3) is 2.73. The first kappa shape index (κ1) is 8.80. The average molecular weight is 162 g/mol. The monoisotopic (exact) mass is 161 g/mol. The number of hydrogen-bond acceptors (Lipinski definition) is 0. The van der Waals surface area contributed by atoms with E-state index in [9.17, 15) is 0 Å². The van der Waals surface area contributed by atoms with Gasteiger partial charge in [0, 0.05) is 5.02 Å². The molecule has 0 unspecified atom stereocenters. The molecule has 0 saturated heterocycles. The molecule has 1 aromatic carbocycles. The zero-order chi connectivity index (χ0) is 5.98. The molecule has 0 bridgehead atoms. The summed E-state index contributed by atoms with van der Waals surface area (Å²) in [6.45, 7) is 3.70. The third-order valence-electron chi connectivity index (χ3n) is 0.913. The van der Waals surface area contributed by atoms with Gasteiger partial charge in [-0.25, -0.2) is 0 Å². The van der Waals surface area contributed by atoms with Crippen LogP contribution in [0.5, 0.6) is 0 Å². The number of halogens is 2. The summed E-state index contributed by atoms with van der Waals surface area (Å²) in [6.07, 6.45) is 0. The molecule has 0 aliphatic rings. The van der Waals surface area contributed by atoms with Gasteiger partial charge in [0.2, 0.25) is 0 Å². The molecule has 0 amide bonds. The fraction of sp³-hybridized carbons (Fsp3) is 0. The van der Waals surface area contributed by atoms with Crippen molar-refractivity contribution in [2.75, 3.05) is 0 Å². The van der Waals surface area contributed by atoms with Crippen molar-refractivity contribution in [3.63, 3.8) is 0 Å². The summed E-state index contributed by atoms with van der Waals surface area (Å²) in [5.74, 6) is 0. The van der Waals surface area contributed by atoms with E-state index in [0.717, 1.165) is 10.6 Å². The van der Waals surface area contributed by atoms with Crippen molar-refractivity contribution in [2.24, 2.45) is 0 Å². The van der Waals surface area contributed by atoms with Gasteiger partial charge in [0.05, 0.1) is 0 Å². The lowest BCUT2D eigenvalue weighted by Crippen LogP contribution is -1.66. The molecule has 0 aliphatic carbocycles. The van der Waals surface area contributed by atoms with Crippen molar-refractivity contribution in [1.82, 2.24) is 0 Å². The van der Waals surface area contributed by atoms with E-state index >= 15 is 0 Å². The first-order chi connectivity index (χ1) is 3.79. The molecule has 9 heavy (non-hydrogen) atoms. The molecule has 0 atom stereocenters.